The number of rotatable bonds is 5. The monoisotopic (exact) mass is 289 g/mol. The van der Waals surface area contributed by atoms with Gasteiger partial charge in [-0.25, -0.2) is 0 Å². The molecular formula is C17H27N3O. The highest BCUT2D eigenvalue weighted by Gasteiger charge is 2.40. The molecule has 0 aromatic carbocycles. The summed E-state index contributed by atoms with van der Waals surface area (Å²) in [5.41, 5.74) is 0. The van der Waals surface area contributed by atoms with Gasteiger partial charge in [-0.2, -0.15) is 5.10 Å². The van der Waals surface area contributed by atoms with Crippen LogP contribution in [-0.2, 0) is 4.79 Å². The van der Waals surface area contributed by atoms with E-state index in [1.54, 1.807) is 10.9 Å². The molecule has 1 heterocycles. The van der Waals surface area contributed by atoms with E-state index in [1.165, 1.54) is 44.9 Å². The van der Waals surface area contributed by atoms with Crippen molar-refractivity contribution >= 4 is 5.91 Å². The topological polar surface area (TPSA) is 38.1 Å². The minimum Gasteiger partial charge on any atom is -0.335 e. The first-order chi connectivity index (χ1) is 10.2. The molecule has 1 unspecified atom stereocenters. The van der Waals surface area contributed by atoms with Crippen LogP contribution < -0.4 is 0 Å². The van der Waals surface area contributed by atoms with Crippen molar-refractivity contribution in [3.63, 3.8) is 0 Å². The summed E-state index contributed by atoms with van der Waals surface area (Å²) in [5.74, 6) is 1.14. The Hall–Kier alpha value is -1.32. The SMILES string of the molecule is CCC1CCC(N(C(=O)C(C)n2cccn2)C2CC2)CC1. The number of nitrogens with zero attached hydrogens (tertiary/aromatic N) is 3. The molecule has 3 rings (SSSR count). The second kappa shape index (κ2) is 6.20. The summed E-state index contributed by atoms with van der Waals surface area (Å²) in [6, 6.07) is 2.67. The average molecular weight is 289 g/mol. The second-order valence-corrected chi connectivity index (χ2v) is 6.72. The van der Waals surface area contributed by atoms with E-state index in [4.69, 9.17) is 0 Å². The molecule has 0 radical (unpaired) electrons. The number of carbonyl (C=O) groups excluding carboxylic acids is 1. The maximum Gasteiger partial charge on any atom is 0.247 e. The summed E-state index contributed by atoms with van der Waals surface area (Å²) >= 11 is 0. The Morgan fingerprint density at radius 3 is 2.33 bits per heavy atom. The number of carbonyl (C=O) groups is 1. The Morgan fingerprint density at radius 2 is 1.86 bits per heavy atom. The number of hydrogen-bond acceptors (Lipinski definition) is 2. The summed E-state index contributed by atoms with van der Waals surface area (Å²) < 4.78 is 1.79. The fourth-order valence-electron chi connectivity index (χ4n) is 3.68. The zero-order valence-corrected chi connectivity index (χ0v) is 13.2. The fourth-order valence-corrected chi connectivity index (χ4v) is 3.68. The minimum atomic E-state index is -0.176. The van der Waals surface area contributed by atoms with E-state index in [2.05, 4.69) is 16.9 Å². The smallest absolute Gasteiger partial charge is 0.247 e. The van der Waals surface area contributed by atoms with Crippen molar-refractivity contribution in [2.24, 2.45) is 5.92 Å². The zero-order valence-electron chi connectivity index (χ0n) is 13.2. The third-order valence-corrected chi connectivity index (χ3v) is 5.26. The molecule has 0 bridgehead atoms. The van der Waals surface area contributed by atoms with Crippen molar-refractivity contribution in [2.45, 2.75) is 76.9 Å². The highest BCUT2D eigenvalue weighted by atomic mass is 16.2. The fraction of sp³-hybridized carbons (Fsp3) is 0.765. The van der Waals surface area contributed by atoms with Gasteiger partial charge in [0.05, 0.1) is 0 Å². The molecule has 21 heavy (non-hydrogen) atoms. The first kappa shape index (κ1) is 14.6. The molecule has 116 valence electrons. The Morgan fingerprint density at radius 1 is 1.24 bits per heavy atom. The van der Waals surface area contributed by atoms with Gasteiger partial charge >= 0.3 is 0 Å². The van der Waals surface area contributed by atoms with Gasteiger partial charge in [0.1, 0.15) is 6.04 Å². The molecule has 2 saturated carbocycles. The lowest BCUT2D eigenvalue weighted by atomic mass is 9.83. The molecule has 4 nitrogen and oxygen atoms in total. The van der Waals surface area contributed by atoms with Crippen LogP contribution >= 0.6 is 0 Å². The molecule has 0 saturated heterocycles. The molecule has 0 spiro atoms. The number of aromatic nitrogens is 2. The van der Waals surface area contributed by atoms with Crippen LogP contribution in [0.1, 0.15) is 64.8 Å². The van der Waals surface area contributed by atoms with Crippen molar-refractivity contribution in [1.82, 2.24) is 14.7 Å². The average Bonchev–Trinajstić information content (AvgIpc) is 3.19. The standard InChI is InChI=1S/C17H27N3O/c1-3-14-5-7-15(8-6-14)20(16-9-10-16)17(21)13(2)19-12-4-11-18-19/h4,11-16H,3,5-10H2,1-2H3. The normalized spacial score (nSPS) is 27.3. The Labute approximate surface area is 127 Å². The van der Waals surface area contributed by atoms with Gasteiger partial charge in [0, 0.05) is 24.5 Å². The zero-order chi connectivity index (χ0) is 14.8. The largest absolute Gasteiger partial charge is 0.335 e. The van der Waals surface area contributed by atoms with Gasteiger partial charge in [0.2, 0.25) is 5.91 Å². The molecule has 2 fully saturated rings. The van der Waals surface area contributed by atoms with Crippen LogP contribution in [0.5, 0.6) is 0 Å². The molecule has 4 heteroatoms. The molecule has 1 atom stereocenters. The lowest BCUT2D eigenvalue weighted by Gasteiger charge is -2.38. The summed E-state index contributed by atoms with van der Waals surface area (Å²) in [6.45, 7) is 4.26. The molecule has 0 N–H and O–H groups in total. The maximum atomic E-state index is 12.9. The highest BCUT2D eigenvalue weighted by Crippen LogP contribution is 2.37. The van der Waals surface area contributed by atoms with E-state index in [0.29, 0.717) is 12.1 Å². The summed E-state index contributed by atoms with van der Waals surface area (Å²) in [7, 11) is 0. The van der Waals surface area contributed by atoms with E-state index in [1.807, 2.05) is 19.2 Å². The first-order valence-corrected chi connectivity index (χ1v) is 8.52. The van der Waals surface area contributed by atoms with Gasteiger partial charge in [-0.1, -0.05) is 13.3 Å². The first-order valence-electron chi connectivity index (χ1n) is 8.52. The predicted octanol–water partition coefficient (Wildman–Crippen LogP) is 3.40. The van der Waals surface area contributed by atoms with Crippen LogP contribution in [0, 0.1) is 5.92 Å². The van der Waals surface area contributed by atoms with Crippen LogP contribution in [0.3, 0.4) is 0 Å². The molecule has 1 aromatic heterocycles. The van der Waals surface area contributed by atoms with Crippen molar-refractivity contribution < 1.29 is 4.79 Å². The lowest BCUT2D eigenvalue weighted by Crippen LogP contribution is -2.46. The third-order valence-electron chi connectivity index (χ3n) is 5.26. The summed E-state index contributed by atoms with van der Waals surface area (Å²) in [5, 5.41) is 4.24. The lowest BCUT2D eigenvalue weighted by molar-refractivity contribution is -0.138. The molecule has 0 aliphatic heterocycles. The van der Waals surface area contributed by atoms with Gasteiger partial charge < -0.3 is 4.90 Å². The van der Waals surface area contributed by atoms with Gasteiger partial charge in [0.15, 0.2) is 0 Å². The van der Waals surface area contributed by atoms with Crippen molar-refractivity contribution in [1.29, 1.82) is 0 Å². The van der Waals surface area contributed by atoms with E-state index in [0.717, 1.165) is 5.92 Å². The van der Waals surface area contributed by atoms with Crippen LogP contribution in [-0.4, -0.2) is 32.7 Å². The van der Waals surface area contributed by atoms with Crippen molar-refractivity contribution in [2.75, 3.05) is 0 Å². The van der Waals surface area contributed by atoms with E-state index < -0.39 is 0 Å². The van der Waals surface area contributed by atoms with Gasteiger partial charge in [-0.05, 0) is 57.4 Å². The van der Waals surface area contributed by atoms with Gasteiger partial charge in [-0.15, -0.1) is 0 Å². The summed E-state index contributed by atoms with van der Waals surface area (Å²) in [4.78, 5) is 15.2. The molecule has 2 aliphatic carbocycles. The molecule has 1 aromatic rings. The minimum absolute atomic E-state index is 0.176. The number of hydrogen-bond donors (Lipinski definition) is 0. The molecule has 2 aliphatic rings. The van der Waals surface area contributed by atoms with Crippen LogP contribution in [0.2, 0.25) is 0 Å². The Balaban J connectivity index is 1.68. The van der Waals surface area contributed by atoms with Crippen molar-refractivity contribution in [3.8, 4) is 0 Å². The number of amides is 1. The van der Waals surface area contributed by atoms with Gasteiger partial charge in [-0.3, -0.25) is 9.48 Å². The Bertz CT molecular complexity index is 458. The third kappa shape index (κ3) is 3.14. The predicted molar refractivity (Wildman–Crippen MR) is 82.8 cm³/mol. The van der Waals surface area contributed by atoms with E-state index >= 15 is 0 Å². The van der Waals surface area contributed by atoms with Crippen LogP contribution in [0.25, 0.3) is 0 Å². The maximum absolute atomic E-state index is 12.9. The highest BCUT2D eigenvalue weighted by molar-refractivity contribution is 5.81. The second-order valence-electron chi connectivity index (χ2n) is 6.72. The van der Waals surface area contributed by atoms with Crippen molar-refractivity contribution in [3.05, 3.63) is 18.5 Å². The molecular weight excluding hydrogens is 262 g/mol. The quantitative estimate of drug-likeness (QED) is 0.833. The van der Waals surface area contributed by atoms with Crippen LogP contribution in [0.15, 0.2) is 18.5 Å². The molecule has 1 amide bonds. The Kier molecular flexibility index (Phi) is 4.32. The van der Waals surface area contributed by atoms with Crippen LogP contribution in [0.4, 0.5) is 0 Å². The summed E-state index contributed by atoms with van der Waals surface area (Å²) in [6.07, 6.45) is 12.2. The van der Waals surface area contributed by atoms with Gasteiger partial charge in [0.25, 0.3) is 0 Å². The van der Waals surface area contributed by atoms with E-state index in [-0.39, 0.29) is 11.9 Å². The van der Waals surface area contributed by atoms with E-state index in [9.17, 15) is 4.79 Å².